The van der Waals surface area contributed by atoms with Crippen LogP contribution in [0.5, 0.6) is 11.6 Å². The molecule has 110 valence electrons. The van der Waals surface area contributed by atoms with Gasteiger partial charge in [-0.05, 0) is 11.6 Å². The van der Waals surface area contributed by atoms with Crippen molar-refractivity contribution >= 4 is 29.1 Å². The summed E-state index contributed by atoms with van der Waals surface area (Å²) in [4.78, 5) is 15.1. The van der Waals surface area contributed by atoms with Gasteiger partial charge in [0.15, 0.2) is 0 Å². The molecule has 1 unspecified atom stereocenters. The number of carbonyl (C=O) groups excluding carboxylic acids is 1. The first-order chi connectivity index (χ1) is 9.88. The predicted molar refractivity (Wildman–Crippen MR) is 79.7 cm³/mol. The lowest BCUT2D eigenvalue weighted by Crippen LogP contribution is -2.16. The van der Waals surface area contributed by atoms with E-state index in [1.807, 2.05) is 0 Å². The molecule has 1 aromatic heterocycles. The molecule has 0 spiro atoms. The molecule has 21 heavy (non-hydrogen) atoms. The van der Waals surface area contributed by atoms with E-state index in [0.717, 1.165) is 0 Å². The summed E-state index contributed by atoms with van der Waals surface area (Å²) < 4.78 is 0. The Bertz CT molecular complexity index is 675. The second-order valence-corrected chi connectivity index (χ2v) is 5.31. The average molecular weight is 327 g/mol. The minimum atomic E-state index is -0.543. The Morgan fingerprint density at radius 3 is 2.48 bits per heavy atom. The van der Waals surface area contributed by atoms with Crippen molar-refractivity contribution in [2.75, 3.05) is 0 Å². The van der Waals surface area contributed by atoms with Crippen molar-refractivity contribution in [3.8, 4) is 11.6 Å². The molecule has 0 saturated carbocycles. The number of amides is 1. The van der Waals surface area contributed by atoms with Gasteiger partial charge < -0.3 is 15.9 Å². The molecule has 0 aliphatic rings. The predicted octanol–water partition coefficient (Wildman–Crippen LogP) is 2.81. The fourth-order valence-electron chi connectivity index (χ4n) is 2.04. The number of pyridine rings is 1. The summed E-state index contributed by atoms with van der Waals surface area (Å²) in [5.74, 6) is -1.32. The number of aromatic hydroxyl groups is 2. The average Bonchev–Trinajstić information content (AvgIpc) is 2.41. The molecule has 0 aliphatic heterocycles. The first-order valence-corrected chi connectivity index (χ1v) is 6.75. The monoisotopic (exact) mass is 326 g/mol. The van der Waals surface area contributed by atoms with Crippen molar-refractivity contribution < 1.29 is 15.0 Å². The van der Waals surface area contributed by atoms with Crippen molar-refractivity contribution in [2.45, 2.75) is 12.3 Å². The zero-order chi connectivity index (χ0) is 15.6. The minimum Gasteiger partial charge on any atom is -0.508 e. The number of benzene rings is 1. The standard InChI is InChI=1S/C14H12Cl2N2O3/c15-10-3-9(12(19)5-11(10)16)8(4-13(17)20)7-1-2-14(21)18-6-7/h1-3,5-6,8,19H,4H2,(H2,17,20)(H,18,21). The highest BCUT2D eigenvalue weighted by Gasteiger charge is 2.22. The van der Waals surface area contributed by atoms with Crippen molar-refractivity contribution in [1.29, 1.82) is 0 Å². The summed E-state index contributed by atoms with van der Waals surface area (Å²) in [5, 5.41) is 19.7. The van der Waals surface area contributed by atoms with Crippen molar-refractivity contribution in [3.05, 3.63) is 51.6 Å². The molecule has 7 heteroatoms. The van der Waals surface area contributed by atoms with Gasteiger partial charge in [0.25, 0.3) is 0 Å². The van der Waals surface area contributed by atoms with Crippen LogP contribution >= 0.6 is 23.2 Å². The first kappa shape index (κ1) is 15.4. The van der Waals surface area contributed by atoms with Crippen LogP contribution in [0.25, 0.3) is 0 Å². The molecule has 1 aromatic carbocycles. The maximum Gasteiger partial charge on any atom is 0.218 e. The third-order valence-corrected chi connectivity index (χ3v) is 3.75. The number of aromatic nitrogens is 1. The summed E-state index contributed by atoms with van der Waals surface area (Å²) in [6, 6.07) is 5.77. The Morgan fingerprint density at radius 1 is 1.24 bits per heavy atom. The maximum atomic E-state index is 11.3. The van der Waals surface area contributed by atoms with Gasteiger partial charge in [0.05, 0.1) is 10.0 Å². The third-order valence-electron chi connectivity index (χ3n) is 3.02. The van der Waals surface area contributed by atoms with E-state index in [0.29, 0.717) is 11.1 Å². The number of phenolic OH excluding ortho intramolecular Hbond substituents is 1. The van der Waals surface area contributed by atoms with Crippen LogP contribution in [0.2, 0.25) is 10.0 Å². The van der Waals surface area contributed by atoms with E-state index in [1.165, 1.54) is 24.4 Å². The van der Waals surface area contributed by atoms with Crippen LogP contribution in [-0.4, -0.2) is 21.1 Å². The van der Waals surface area contributed by atoms with E-state index in [9.17, 15) is 15.0 Å². The Kier molecular flexibility index (Phi) is 4.55. The van der Waals surface area contributed by atoms with Crippen LogP contribution in [0.4, 0.5) is 0 Å². The van der Waals surface area contributed by atoms with Gasteiger partial charge >= 0.3 is 0 Å². The number of hydrogen-bond donors (Lipinski definition) is 3. The number of carbonyl (C=O) groups is 1. The molecular weight excluding hydrogens is 315 g/mol. The summed E-state index contributed by atoms with van der Waals surface area (Å²) >= 11 is 11.8. The molecular formula is C14H12Cl2N2O3. The van der Waals surface area contributed by atoms with Gasteiger partial charge in [-0.2, -0.15) is 0 Å². The Hall–Kier alpha value is -1.98. The third kappa shape index (κ3) is 3.56. The van der Waals surface area contributed by atoms with Gasteiger partial charge in [-0.15, -0.1) is 0 Å². The van der Waals surface area contributed by atoms with E-state index >= 15 is 0 Å². The highest BCUT2D eigenvalue weighted by atomic mass is 35.5. The van der Waals surface area contributed by atoms with E-state index in [1.54, 1.807) is 6.07 Å². The quantitative estimate of drug-likeness (QED) is 0.804. The van der Waals surface area contributed by atoms with Gasteiger partial charge in [-0.3, -0.25) is 4.79 Å². The maximum absolute atomic E-state index is 11.3. The van der Waals surface area contributed by atoms with Gasteiger partial charge in [-0.1, -0.05) is 29.3 Å². The largest absolute Gasteiger partial charge is 0.508 e. The number of nitrogens with two attached hydrogens (primary N) is 1. The van der Waals surface area contributed by atoms with Crippen molar-refractivity contribution in [2.24, 2.45) is 5.73 Å². The van der Waals surface area contributed by atoms with Crippen LogP contribution in [0, 0.1) is 0 Å². The van der Waals surface area contributed by atoms with Gasteiger partial charge in [0, 0.05) is 36.2 Å². The fourth-order valence-corrected chi connectivity index (χ4v) is 2.37. The van der Waals surface area contributed by atoms with Crippen molar-refractivity contribution in [3.63, 3.8) is 0 Å². The zero-order valence-corrected chi connectivity index (χ0v) is 12.3. The van der Waals surface area contributed by atoms with Crippen LogP contribution in [-0.2, 0) is 4.79 Å². The highest BCUT2D eigenvalue weighted by molar-refractivity contribution is 6.42. The smallest absolute Gasteiger partial charge is 0.218 e. The zero-order valence-electron chi connectivity index (χ0n) is 10.8. The molecule has 4 N–H and O–H groups in total. The molecule has 2 rings (SSSR count). The van der Waals surface area contributed by atoms with Gasteiger partial charge in [0.2, 0.25) is 11.8 Å². The second-order valence-electron chi connectivity index (χ2n) is 4.50. The van der Waals surface area contributed by atoms with Gasteiger partial charge in [0.1, 0.15) is 5.75 Å². The lowest BCUT2D eigenvalue weighted by Gasteiger charge is -2.18. The molecule has 1 heterocycles. The first-order valence-electron chi connectivity index (χ1n) is 5.99. The molecule has 0 saturated heterocycles. The summed E-state index contributed by atoms with van der Waals surface area (Å²) in [7, 11) is 0. The summed E-state index contributed by atoms with van der Waals surface area (Å²) in [5.41, 5.74) is 6.29. The number of nitrogens with zero attached hydrogens (tertiary/aromatic N) is 1. The number of rotatable bonds is 4. The summed E-state index contributed by atoms with van der Waals surface area (Å²) in [6.07, 6.45) is 1.36. The molecule has 2 aromatic rings. The molecule has 5 nitrogen and oxygen atoms in total. The van der Waals surface area contributed by atoms with Crippen LogP contribution in [0.1, 0.15) is 23.5 Å². The minimum absolute atomic E-state index is 0.0437. The highest BCUT2D eigenvalue weighted by Crippen LogP contribution is 2.38. The second kappa shape index (κ2) is 6.20. The molecule has 0 aliphatic carbocycles. The topological polar surface area (TPSA) is 96.4 Å². The molecule has 1 atom stereocenters. The van der Waals surface area contributed by atoms with Crippen LogP contribution in [0.3, 0.4) is 0 Å². The van der Waals surface area contributed by atoms with E-state index in [4.69, 9.17) is 28.9 Å². The molecule has 1 amide bonds. The Balaban J connectivity index is 2.52. The number of phenols is 1. The molecule has 0 bridgehead atoms. The van der Waals surface area contributed by atoms with Crippen molar-refractivity contribution in [1.82, 2.24) is 4.98 Å². The lowest BCUT2D eigenvalue weighted by atomic mass is 9.88. The number of hydrogen-bond acceptors (Lipinski definition) is 4. The van der Waals surface area contributed by atoms with Crippen LogP contribution < -0.4 is 5.73 Å². The lowest BCUT2D eigenvalue weighted by molar-refractivity contribution is -0.118. The Morgan fingerprint density at radius 2 is 1.90 bits per heavy atom. The Labute approximate surface area is 130 Å². The molecule has 0 fully saturated rings. The summed E-state index contributed by atoms with van der Waals surface area (Å²) in [6.45, 7) is 0. The van der Waals surface area contributed by atoms with E-state index in [-0.39, 0.29) is 28.1 Å². The number of primary amides is 1. The number of halogens is 2. The van der Waals surface area contributed by atoms with Gasteiger partial charge in [-0.25, -0.2) is 4.98 Å². The SMILES string of the molecule is NC(=O)CC(c1ccc(O)nc1)c1cc(Cl)c(Cl)cc1O. The van der Waals surface area contributed by atoms with Crippen LogP contribution in [0.15, 0.2) is 30.5 Å². The fraction of sp³-hybridized carbons (Fsp3) is 0.143. The normalized spacial score (nSPS) is 12.1. The van der Waals surface area contributed by atoms with E-state index < -0.39 is 11.8 Å². The van der Waals surface area contributed by atoms with E-state index in [2.05, 4.69) is 4.98 Å². The molecule has 0 radical (unpaired) electrons.